The Morgan fingerprint density at radius 3 is 2.31 bits per heavy atom. The first-order valence-electron chi connectivity index (χ1n) is 14.0. The van der Waals surface area contributed by atoms with Crippen molar-refractivity contribution in [2.45, 2.75) is 44.6 Å². The molecular weight excluding hydrogens is 489 g/mol. The molecule has 2 aromatic carbocycles. The van der Waals surface area contributed by atoms with Crippen LogP contribution in [0.15, 0.2) is 66.4 Å². The predicted octanol–water partition coefficient (Wildman–Crippen LogP) is 5.10. The minimum absolute atomic E-state index is 0.178. The molecule has 1 aliphatic carbocycles. The Hall–Kier alpha value is -3.42. The van der Waals surface area contributed by atoms with Crippen LogP contribution in [0.2, 0.25) is 0 Å². The van der Waals surface area contributed by atoms with Gasteiger partial charge in [-0.1, -0.05) is 42.0 Å². The van der Waals surface area contributed by atoms with Crippen LogP contribution in [0, 0.1) is 11.2 Å². The van der Waals surface area contributed by atoms with Crippen molar-refractivity contribution in [1.82, 2.24) is 25.5 Å². The van der Waals surface area contributed by atoms with Gasteiger partial charge in [-0.3, -0.25) is 4.79 Å². The predicted molar refractivity (Wildman–Crippen MR) is 151 cm³/mol. The SMILES string of the molecule is C[C@@H](NC(=O)c1ccnc(C2CCNCC2)n1)c1ccc(C(=C2CC3(C2)CN(C)C3)c2ccc(F)cc2)cc1. The average Bonchev–Trinajstić information content (AvgIpc) is 2.93. The molecule has 0 unspecified atom stereocenters. The van der Waals surface area contributed by atoms with Crippen LogP contribution in [0.4, 0.5) is 4.39 Å². The fraction of sp³-hybridized carbons (Fsp3) is 0.406. The Balaban J connectivity index is 1.18. The summed E-state index contributed by atoms with van der Waals surface area (Å²) in [6.07, 6.45) is 5.85. The second-order valence-corrected chi connectivity index (χ2v) is 11.7. The molecule has 2 saturated heterocycles. The number of nitrogens with one attached hydrogen (secondary N) is 2. The topological polar surface area (TPSA) is 70.1 Å². The number of nitrogens with zero attached hydrogens (tertiary/aromatic N) is 3. The Kier molecular flexibility index (Phi) is 7.04. The van der Waals surface area contributed by atoms with Crippen LogP contribution in [0.25, 0.3) is 5.57 Å². The van der Waals surface area contributed by atoms with Crippen molar-refractivity contribution in [2.24, 2.45) is 5.41 Å². The van der Waals surface area contributed by atoms with E-state index >= 15 is 0 Å². The highest BCUT2D eigenvalue weighted by Gasteiger charge is 2.49. The van der Waals surface area contributed by atoms with Gasteiger partial charge in [0.25, 0.3) is 5.91 Å². The number of rotatable bonds is 6. The number of benzene rings is 2. The quantitative estimate of drug-likeness (QED) is 0.469. The molecule has 6 nitrogen and oxygen atoms in total. The van der Waals surface area contributed by atoms with Crippen molar-refractivity contribution < 1.29 is 9.18 Å². The molecule has 39 heavy (non-hydrogen) atoms. The van der Waals surface area contributed by atoms with Crippen LogP contribution in [0.5, 0.6) is 0 Å². The lowest BCUT2D eigenvalue weighted by Crippen LogP contribution is -2.58. The third-order valence-electron chi connectivity index (χ3n) is 8.53. The fourth-order valence-corrected chi connectivity index (χ4v) is 6.61. The molecule has 2 aliphatic heterocycles. The van der Waals surface area contributed by atoms with Crippen LogP contribution in [-0.4, -0.2) is 54.0 Å². The summed E-state index contributed by atoms with van der Waals surface area (Å²) in [5.74, 6) is 0.641. The number of hydrogen-bond acceptors (Lipinski definition) is 5. The number of amides is 1. The van der Waals surface area contributed by atoms with E-state index in [-0.39, 0.29) is 17.8 Å². The van der Waals surface area contributed by atoms with Crippen LogP contribution < -0.4 is 10.6 Å². The van der Waals surface area contributed by atoms with Crippen molar-refractivity contribution in [3.63, 3.8) is 0 Å². The molecule has 0 bridgehead atoms. The molecular formula is C32H36FN5O. The summed E-state index contributed by atoms with van der Waals surface area (Å²) in [5, 5.41) is 6.46. The Morgan fingerprint density at radius 2 is 1.67 bits per heavy atom. The van der Waals surface area contributed by atoms with Gasteiger partial charge in [0.2, 0.25) is 0 Å². The second-order valence-electron chi connectivity index (χ2n) is 11.7. The normalized spacial score (nSPS) is 19.7. The van der Waals surface area contributed by atoms with E-state index in [9.17, 15) is 9.18 Å². The van der Waals surface area contributed by atoms with Crippen molar-refractivity contribution in [3.05, 3.63) is 100 Å². The van der Waals surface area contributed by atoms with E-state index in [0.29, 0.717) is 17.0 Å². The third-order valence-corrected chi connectivity index (χ3v) is 8.53. The van der Waals surface area contributed by atoms with E-state index in [1.807, 2.05) is 19.1 Å². The van der Waals surface area contributed by atoms with Gasteiger partial charge in [0, 0.05) is 30.6 Å². The lowest BCUT2D eigenvalue weighted by atomic mass is 9.59. The summed E-state index contributed by atoms with van der Waals surface area (Å²) in [6, 6.07) is 16.8. The Morgan fingerprint density at radius 1 is 1.03 bits per heavy atom. The van der Waals surface area contributed by atoms with E-state index < -0.39 is 0 Å². The van der Waals surface area contributed by atoms with Crippen LogP contribution >= 0.6 is 0 Å². The fourth-order valence-electron chi connectivity index (χ4n) is 6.61. The van der Waals surface area contributed by atoms with Crippen LogP contribution in [-0.2, 0) is 0 Å². The van der Waals surface area contributed by atoms with E-state index in [1.54, 1.807) is 12.3 Å². The van der Waals surface area contributed by atoms with Gasteiger partial charge < -0.3 is 15.5 Å². The van der Waals surface area contributed by atoms with Crippen molar-refractivity contribution >= 4 is 11.5 Å². The minimum atomic E-state index is -0.222. The van der Waals surface area contributed by atoms with Gasteiger partial charge in [-0.25, -0.2) is 14.4 Å². The zero-order valence-electron chi connectivity index (χ0n) is 22.7. The number of aromatic nitrogens is 2. The maximum atomic E-state index is 13.7. The Labute approximate surface area is 229 Å². The van der Waals surface area contributed by atoms with Crippen molar-refractivity contribution in [3.8, 4) is 0 Å². The lowest BCUT2D eigenvalue weighted by Gasteiger charge is -2.56. The Bertz CT molecular complexity index is 1360. The number of halogens is 1. The molecule has 3 fully saturated rings. The summed E-state index contributed by atoms with van der Waals surface area (Å²) >= 11 is 0. The molecule has 2 N–H and O–H groups in total. The number of hydrogen-bond donors (Lipinski definition) is 2. The van der Waals surface area contributed by atoms with Crippen LogP contribution in [0.3, 0.4) is 0 Å². The number of likely N-dealkylation sites (tertiary alicyclic amines) is 1. The molecule has 0 radical (unpaired) electrons. The summed E-state index contributed by atoms with van der Waals surface area (Å²) in [4.78, 5) is 24.5. The van der Waals surface area contributed by atoms with E-state index in [1.165, 1.54) is 23.3 Å². The standard InChI is InChI=1S/C32H36FN5O/c1-21(36-31(39)28-13-16-35-30(37-28)25-11-14-34-15-12-25)22-3-5-23(6-4-22)29(24-7-9-27(33)10-8-24)26-17-32(18-26)19-38(2)20-32/h3-10,13,16,21,25,34H,11-12,14-15,17-20H2,1-2H3,(H,36,39)/t21-/m1/s1. The smallest absolute Gasteiger partial charge is 0.270 e. The van der Waals surface area contributed by atoms with Crippen molar-refractivity contribution in [2.75, 3.05) is 33.2 Å². The van der Waals surface area contributed by atoms with Gasteiger partial charge in [0.1, 0.15) is 17.3 Å². The average molecular weight is 526 g/mol. The van der Waals surface area contributed by atoms with Gasteiger partial charge >= 0.3 is 0 Å². The van der Waals surface area contributed by atoms with Gasteiger partial charge in [-0.15, -0.1) is 0 Å². The molecule has 202 valence electrons. The molecule has 3 aliphatic rings. The summed E-state index contributed by atoms with van der Waals surface area (Å²) in [5.41, 5.74) is 6.69. The number of carbonyl (C=O) groups excluding carboxylic acids is 1. The summed E-state index contributed by atoms with van der Waals surface area (Å²) in [6.45, 7) is 6.19. The van der Waals surface area contributed by atoms with Gasteiger partial charge in [-0.2, -0.15) is 0 Å². The maximum Gasteiger partial charge on any atom is 0.270 e. The zero-order valence-corrected chi connectivity index (χ0v) is 22.7. The highest BCUT2D eigenvalue weighted by Crippen LogP contribution is 2.54. The number of piperidine rings is 1. The molecule has 3 aromatic rings. The minimum Gasteiger partial charge on any atom is -0.344 e. The van der Waals surface area contributed by atoms with E-state index in [4.69, 9.17) is 0 Å². The molecule has 1 saturated carbocycles. The third kappa shape index (κ3) is 5.38. The molecule has 1 aromatic heterocycles. The summed E-state index contributed by atoms with van der Waals surface area (Å²) < 4.78 is 13.7. The molecule has 7 heteroatoms. The van der Waals surface area contributed by atoms with Gasteiger partial charge in [0.05, 0.1) is 6.04 Å². The first-order valence-corrected chi connectivity index (χ1v) is 14.0. The summed E-state index contributed by atoms with van der Waals surface area (Å²) in [7, 11) is 2.17. The lowest BCUT2D eigenvalue weighted by molar-refractivity contribution is -0.0106. The molecule has 1 spiro atoms. The number of carbonyl (C=O) groups is 1. The second kappa shape index (κ2) is 10.6. The van der Waals surface area contributed by atoms with Crippen molar-refractivity contribution in [1.29, 1.82) is 0 Å². The molecule has 3 heterocycles. The van der Waals surface area contributed by atoms with E-state index in [2.05, 4.69) is 56.8 Å². The van der Waals surface area contributed by atoms with Gasteiger partial charge in [-0.05, 0) is 93.2 Å². The highest BCUT2D eigenvalue weighted by atomic mass is 19.1. The molecule has 1 atom stereocenters. The highest BCUT2D eigenvalue weighted by molar-refractivity contribution is 5.92. The van der Waals surface area contributed by atoms with Crippen LogP contribution in [0.1, 0.15) is 77.6 Å². The molecule has 6 rings (SSSR count). The monoisotopic (exact) mass is 525 g/mol. The number of allylic oxidation sites excluding steroid dienone is 1. The first-order chi connectivity index (χ1) is 18.9. The zero-order chi connectivity index (χ0) is 27.0. The molecule has 1 amide bonds. The first kappa shape index (κ1) is 25.8. The van der Waals surface area contributed by atoms with E-state index in [0.717, 1.165) is 74.4 Å². The van der Waals surface area contributed by atoms with Gasteiger partial charge in [0.15, 0.2) is 0 Å². The largest absolute Gasteiger partial charge is 0.344 e. The maximum absolute atomic E-state index is 13.7.